The second-order valence-electron chi connectivity index (χ2n) is 5.11. The summed E-state index contributed by atoms with van der Waals surface area (Å²) in [6.45, 7) is 0. The SMILES string of the molecule is NC(CC1CCCCC1)c1ccc(F)c(F)c1F. The van der Waals surface area contributed by atoms with Crippen molar-refractivity contribution in [1.82, 2.24) is 0 Å². The van der Waals surface area contributed by atoms with E-state index in [-0.39, 0.29) is 5.56 Å². The standard InChI is InChI=1S/C14H18F3N/c15-11-7-6-10(13(16)14(11)17)12(18)8-9-4-2-1-3-5-9/h6-7,9,12H,1-5,8,18H2. The minimum Gasteiger partial charge on any atom is -0.324 e. The molecule has 1 aromatic carbocycles. The minimum atomic E-state index is -1.42. The smallest absolute Gasteiger partial charge is 0.194 e. The lowest BCUT2D eigenvalue weighted by atomic mass is 9.83. The highest BCUT2D eigenvalue weighted by molar-refractivity contribution is 5.23. The van der Waals surface area contributed by atoms with Crippen LogP contribution in [0.5, 0.6) is 0 Å². The van der Waals surface area contributed by atoms with Gasteiger partial charge in [-0.25, -0.2) is 13.2 Å². The van der Waals surface area contributed by atoms with E-state index in [1.54, 1.807) is 0 Å². The average molecular weight is 257 g/mol. The molecule has 0 saturated heterocycles. The van der Waals surface area contributed by atoms with Gasteiger partial charge in [-0.1, -0.05) is 38.2 Å². The van der Waals surface area contributed by atoms with Gasteiger partial charge >= 0.3 is 0 Å². The maximum absolute atomic E-state index is 13.6. The lowest BCUT2D eigenvalue weighted by molar-refractivity contribution is 0.315. The normalized spacial score (nSPS) is 18.9. The van der Waals surface area contributed by atoms with Gasteiger partial charge in [0.25, 0.3) is 0 Å². The van der Waals surface area contributed by atoms with Crippen LogP contribution in [0.25, 0.3) is 0 Å². The van der Waals surface area contributed by atoms with Crippen molar-refractivity contribution in [2.45, 2.75) is 44.6 Å². The van der Waals surface area contributed by atoms with Crippen LogP contribution in [-0.2, 0) is 0 Å². The molecule has 18 heavy (non-hydrogen) atoms. The molecule has 0 aliphatic heterocycles. The molecule has 1 saturated carbocycles. The van der Waals surface area contributed by atoms with Gasteiger partial charge in [-0.2, -0.15) is 0 Å². The fraction of sp³-hybridized carbons (Fsp3) is 0.571. The highest BCUT2D eigenvalue weighted by Gasteiger charge is 2.22. The molecule has 1 atom stereocenters. The zero-order chi connectivity index (χ0) is 13.1. The third-order valence-electron chi connectivity index (χ3n) is 3.78. The van der Waals surface area contributed by atoms with Crippen molar-refractivity contribution in [2.75, 3.05) is 0 Å². The van der Waals surface area contributed by atoms with Gasteiger partial charge in [0.15, 0.2) is 17.5 Å². The van der Waals surface area contributed by atoms with Crippen molar-refractivity contribution in [3.8, 4) is 0 Å². The van der Waals surface area contributed by atoms with Crippen LogP contribution in [0.2, 0.25) is 0 Å². The van der Waals surface area contributed by atoms with Gasteiger partial charge in [0.2, 0.25) is 0 Å². The zero-order valence-corrected chi connectivity index (χ0v) is 10.3. The van der Waals surface area contributed by atoms with E-state index in [1.165, 1.54) is 25.3 Å². The van der Waals surface area contributed by atoms with Crippen LogP contribution in [0.4, 0.5) is 13.2 Å². The Morgan fingerprint density at radius 3 is 2.39 bits per heavy atom. The van der Waals surface area contributed by atoms with Gasteiger partial charge in [-0.05, 0) is 18.4 Å². The van der Waals surface area contributed by atoms with Gasteiger partial charge < -0.3 is 5.73 Å². The second-order valence-corrected chi connectivity index (χ2v) is 5.11. The van der Waals surface area contributed by atoms with Crippen LogP contribution in [0, 0.1) is 23.4 Å². The molecular formula is C14H18F3N. The van der Waals surface area contributed by atoms with E-state index in [9.17, 15) is 13.2 Å². The first kappa shape index (κ1) is 13.4. The molecule has 0 radical (unpaired) electrons. The molecule has 1 aliphatic carbocycles. The molecule has 0 heterocycles. The maximum atomic E-state index is 13.6. The predicted octanol–water partition coefficient (Wildman–Crippen LogP) is 4.07. The molecule has 1 fully saturated rings. The molecule has 1 aliphatic rings. The first-order valence-corrected chi connectivity index (χ1v) is 6.48. The summed E-state index contributed by atoms with van der Waals surface area (Å²) in [6.07, 6.45) is 6.43. The van der Waals surface area contributed by atoms with Crippen molar-refractivity contribution >= 4 is 0 Å². The molecule has 0 aromatic heterocycles. The van der Waals surface area contributed by atoms with Crippen LogP contribution >= 0.6 is 0 Å². The van der Waals surface area contributed by atoms with Gasteiger partial charge in [0, 0.05) is 11.6 Å². The molecule has 2 N–H and O–H groups in total. The Morgan fingerprint density at radius 2 is 1.72 bits per heavy atom. The van der Waals surface area contributed by atoms with Gasteiger partial charge in [0.1, 0.15) is 0 Å². The Hall–Kier alpha value is -1.03. The van der Waals surface area contributed by atoms with Crippen molar-refractivity contribution in [2.24, 2.45) is 11.7 Å². The molecule has 2 rings (SSSR count). The molecule has 1 aromatic rings. The number of hydrogen-bond donors (Lipinski definition) is 1. The number of halogens is 3. The maximum Gasteiger partial charge on any atom is 0.194 e. The second kappa shape index (κ2) is 5.74. The fourth-order valence-corrected chi connectivity index (χ4v) is 2.74. The lowest BCUT2D eigenvalue weighted by Crippen LogP contribution is -2.19. The van der Waals surface area contributed by atoms with E-state index in [0.29, 0.717) is 12.3 Å². The average Bonchev–Trinajstić information content (AvgIpc) is 2.37. The number of hydrogen-bond acceptors (Lipinski definition) is 1. The first-order valence-electron chi connectivity index (χ1n) is 6.48. The van der Waals surface area contributed by atoms with Gasteiger partial charge in [-0.15, -0.1) is 0 Å². The van der Waals surface area contributed by atoms with E-state index in [0.717, 1.165) is 18.9 Å². The highest BCUT2D eigenvalue weighted by atomic mass is 19.2. The van der Waals surface area contributed by atoms with Crippen LogP contribution in [-0.4, -0.2) is 0 Å². The molecule has 0 spiro atoms. The molecule has 0 bridgehead atoms. The predicted molar refractivity (Wildman–Crippen MR) is 64.4 cm³/mol. The molecule has 1 unspecified atom stereocenters. The van der Waals surface area contributed by atoms with Crippen molar-refractivity contribution in [3.63, 3.8) is 0 Å². The van der Waals surface area contributed by atoms with Crippen molar-refractivity contribution in [3.05, 3.63) is 35.1 Å². The summed E-state index contributed by atoms with van der Waals surface area (Å²) in [4.78, 5) is 0. The minimum absolute atomic E-state index is 0.0828. The number of benzene rings is 1. The van der Waals surface area contributed by atoms with E-state index in [1.807, 2.05) is 0 Å². The Morgan fingerprint density at radius 1 is 1.06 bits per heavy atom. The lowest BCUT2D eigenvalue weighted by Gasteiger charge is -2.25. The summed E-state index contributed by atoms with van der Waals surface area (Å²) in [7, 11) is 0. The third-order valence-corrected chi connectivity index (χ3v) is 3.78. The Labute approximate surface area is 105 Å². The van der Waals surface area contributed by atoms with Gasteiger partial charge in [0.05, 0.1) is 0 Å². The summed E-state index contributed by atoms with van der Waals surface area (Å²) in [5.41, 5.74) is 6.00. The molecule has 4 heteroatoms. The molecular weight excluding hydrogens is 239 g/mol. The Kier molecular flexibility index (Phi) is 4.27. The molecule has 0 amide bonds. The third kappa shape index (κ3) is 2.86. The van der Waals surface area contributed by atoms with E-state index in [4.69, 9.17) is 5.73 Å². The van der Waals surface area contributed by atoms with Crippen LogP contribution in [0.15, 0.2) is 12.1 Å². The number of nitrogens with two attached hydrogens (primary N) is 1. The fourth-order valence-electron chi connectivity index (χ4n) is 2.74. The summed E-state index contributed by atoms with van der Waals surface area (Å²) in [5, 5.41) is 0. The van der Waals surface area contributed by atoms with Crippen LogP contribution in [0.1, 0.15) is 50.1 Å². The molecule has 1 nitrogen and oxygen atoms in total. The Bertz CT molecular complexity index is 414. The molecule has 100 valence electrons. The summed E-state index contributed by atoms with van der Waals surface area (Å²) < 4.78 is 39.5. The van der Waals surface area contributed by atoms with Crippen molar-refractivity contribution in [1.29, 1.82) is 0 Å². The largest absolute Gasteiger partial charge is 0.324 e. The topological polar surface area (TPSA) is 26.0 Å². The summed E-state index contributed by atoms with van der Waals surface area (Å²) >= 11 is 0. The summed E-state index contributed by atoms with van der Waals surface area (Å²) in [6, 6.07) is 1.64. The van der Waals surface area contributed by atoms with Crippen LogP contribution < -0.4 is 5.73 Å². The number of rotatable bonds is 3. The highest BCUT2D eigenvalue weighted by Crippen LogP contribution is 2.32. The van der Waals surface area contributed by atoms with E-state index >= 15 is 0 Å². The monoisotopic (exact) mass is 257 g/mol. The van der Waals surface area contributed by atoms with Crippen molar-refractivity contribution < 1.29 is 13.2 Å². The first-order chi connectivity index (χ1) is 8.59. The van der Waals surface area contributed by atoms with Crippen LogP contribution in [0.3, 0.4) is 0 Å². The van der Waals surface area contributed by atoms with E-state index < -0.39 is 23.5 Å². The Balaban J connectivity index is 2.08. The van der Waals surface area contributed by atoms with E-state index in [2.05, 4.69) is 0 Å². The quantitative estimate of drug-likeness (QED) is 0.811. The van der Waals surface area contributed by atoms with Gasteiger partial charge in [-0.3, -0.25) is 0 Å². The zero-order valence-electron chi connectivity index (χ0n) is 10.3. The summed E-state index contributed by atoms with van der Waals surface area (Å²) in [5.74, 6) is -3.26.